The fourth-order valence-corrected chi connectivity index (χ4v) is 5.12. The molecular weight excluding hydrogens is 514 g/mol. The SMILES string of the molecule is CCCCCCCC/C=C\CCCCCCCC[n+]1ccc(C(=O)OCCCCCCCCCCCC)cc1.[Cl-]. The number of esters is 1. The minimum atomic E-state index is -0.185. The number of pyridine rings is 1. The van der Waals surface area contributed by atoms with Crippen LogP contribution in [0.2, 0.25) is 0 Å². The number of nitrogens with zero attached hydrogens (tertiary/aromatic N) is 1. The van der Waals surface area contributed by atoms with Crippen LogP contribution < -0.4 is 17.0 Å². The van der Waals surface area contributed by atoms with Gasteiger partial charge < -0.3 is 17.1 Å². The summed E-state index contributed by atoms with van der Waals surface area (Å²) in [6, 6.07) is 3.81. The van der Waals surface area contributed by atoms with Gasteiger partial charge in [-0.2, -0.15) is 0 Å². The third-order valence-corrected chi connectivity index (χ3v) is 7.79. The molecule has 0 aliphatic carbocycles. The van der Waals surface area contributed by atoms with Crippen molar-refractivity contribution in [3.8, 4) is 0 Å². The normalized spacial score (nSPS) is 11.2. The second-order valence-electron chi connectivity index (χ2n) is 11.6. The van der Waals surface area contributed by atoms with Crippen molar-refractivity contribution in [2.45, 2.75) is 174 Å². The highest BCUT2D eigenvalue weighted by Gasteiger charge is 2.09. The lowest BCUT2D eigenvalue weighted by atomic mass is 10.1. The van der Waals surface area contributed by atoms with Crippen molar-refractivity contribution >= 4 is 5.97 Å². The number of carbonyl (C=O) groups excluding carboxylic acids is 1. The maximum Gasteiger partial charge on any atom is 0.338 e. The smallest absolute Gasteiger partial charge is 0.338 e. The fourth-order valence-electron chi connectivity index (χ4n) is 5.12. The Balaban J connectivity index is 0.0000152. The number of unbranched alkanes of at least 4 members (excludes halogenated alkanes) is 21. The van der Waals surface area contributed by atoms with Gasteiger partial charge in [-0.05, 0) is 38.5 Å². The molecule has 0 fully saturated rings. The molecule has 0 amide bonds. The zero-order chi connectivity index (χ0) is 28.1. The van der Waals surface area contributed by atoms with Crippen molar-refractivity contribution in [3.63, 3.8) is 0 Å². The molecule has 40 heavy (non-hydrogen) atoms. The molecule has 0 radical (unpaired) electrons. The van der Waals surface area contributed by atoms with Crippen molar-refractivity contribution in [3.05, 3.63) is 42.2 Å². The summed E-state index contributed by atoms with van der Waals surface area (Å²) in [7, 11) is 0. The molecule has 0 spiro atoms. The summed E-state index contributed by atoms with van der Waals surface area (Å²) in [6.07, 6.45) is 40.5. The van der Waals surface area contributed by atoms with Crippen LogP contribution in [0.1, 0.15) is 178 Å². The van der Waals surface area contributed by atoms with E-state index in [0.717, 1.165) is 19.4 Å². The van der Waals surface area contributed by atoms with Gasteiger partial charge in [0.25, 0.3) is 0 Å². The van der Waals surface area contributed by atoms with Crippen molar-refractivity contribution in [2.24, 2.45) is 0 Å². The summed E-state index contributed by atoms with van der Waals surface area (Å²) in [5.74, 6) is -0.185. The van der Waals surface area contributed by atoms with Crippen LogP contribution in [-0.4, -0.2) is 12.6 Å². The Morgan fingerprint density at radius 2 is 1.00 bits per heavy atom. The maximum absolute atomic E-state index is 12.3. The molecule has 3 nitrogen and oxygen atoms in total. The summed E-state index contributed by atoms with van der Waals surface area (Å²) in [5.41, 5.74) is 0.666. The van der Waals surface area contributed by atoms with E-state index >= 15 is 0 Å². The Labute approximate surface area is 255 Å². The van der Waals surface area contributed by atoms with Crippen molar-refractivity contribution in [1.82, 2.24) is 0 Å². The molecule has 1 aromatic rings. The van der Waals surface area contributed by atoms with Gasteiger partial charge in [-0.1, -0.05) is 135 Å². The van der Waals surface area contributed by atoms with E-state index in [4.69, 9.17) is 4.74 Å². The number of ether oxygens (including phenoxy) is 1. The Bertz CT molecular complexity index is 689. The summed E-state index contributed by atoms with van der Waals surface area (Å²) in [5, 5.41) is 0. The van der Waals surface area contributed by atoms with Gasteiger partial charge in [0, 0.05) is 18.6 Å². The second kappa shape index (κ2) is 30.6. The highest BCUT2D eigenvalue weighted by molar-refractivity contribution is 5.88. The van der Waals surface area contributed by atoms with E-state index in [1.165, 1.54) is 141 Å². The zero-order valence-electron chi connectivity index (χ0n) is 26.5. The first-order valence-corrected chi connectivity index (χ1v) is 17.1. The Hall–Kier alpha value is -1.35. The summed E-state index contributed by atoms with van der Waals surface area (Å²) < 4.78 is 7.67. The monoisotopic (exact) mass is 577 g/mol. The van der Waals surface area contributed by atoms with Crippen LogP contribution in [0.3, 0.4) is 0 Å². The lowest BCUT2D eigenvalue weighted by molar-refractivity contribution is -0.697. The maximum atomic E-state index is 12.3. The number of hydrogen-bond acceptors (Lipinski definition) is 2. The second-order valence-corrected chi connectivity index (χ2v) is 11.6. The third-order valence-electron chi connectivity index (χ3n) is 7.79. The van der Waals surface area contributed by atoms with Crippen LogP contribution in [0.5, 0.6) is 0 Å². The van der Waals surface area contributed by atoms with E-state index in [-0.39, 0.29) is 18.4 Å². The van der Waals surface area contributed by atoms with E-state index in [1.54, 1.807) is 0 Å². The largest absolute Gasteiger partial charge is 1.00 e. The number of halogens is 1. The molecule has 0 bridgehead atoms. The van der Waals surface area contributed by atoms with Crippen LogP contribution in [0.25, 0.3) is 0 Å². The highest BCUT2D eigenvalue weighted by atomic mass is 35.5. The van der Waals surface area contributed by atoms with Gasteiger partial charge in [0.2, 0.25) is 0 Å². The van der Waals surface area contributed by atoms with E-state index in [0.29, 0.717) is 12.2 Å². The molecule has 0 N–H and O–H groups in total. The van der Waals surface area contributed by atoms with Gasteiger partial charge in [-0.3, -0.25) is 0 Å². The van der Waals surface area contributed by atoms with Gasteiger partial charge in [0.05, 0.1) is 12.2 Å². The predicted molar refractivity (Wildman–Crippen MR) is 168 cm³/mol. The molecule has 0 saturated heterocycles. The Morgan fingerprint density at radius 3 is 1.48 bits per heavy atom. The third kappa shape index (κ3) is 24.4. The number of carbonyl (C=O) groups is 1. The summed E-state index contributed by atoms with van der Waals surface area (Å²) in [6.45, 7) is 6.11. The van der Waals surface area contributed by atoms with Crippen molar-refractivity contribution < 1.29 is 26.5 Å². The van der Waals surface area contributed by atoms with Crippen LogP contribution in [0, 0.1) is 0 Å². The first-order valence-electron chi connectivity index (χ1n) is 17.1. The van der Waals surface area contributed by atoms with Crippen molar-refractivity contribution in [2.75, 3.05) is 6.61 Å². The minimum Gasteiger partial charge on any atom is -1.00 e. The lowest BCUT2D eigenvalue weighted by Crippen LogP contribution is -3.00. The summed E-state index contributed by atoms with van der Waals surface area (Å²) >= 11 is 0. The van der Waals surface area contributed by atoms with E-state index in [1.807, 2.05) is 24.5 Å². The molecule has 0 aromatic carbocycles. The highest BCUT2D eigenvalue weighted by Crippen LogP contribution is 2.12. The zero-order valence-corrected chi connectivity index (χ0v) is 27.2. The van der Waals surface area contributed by atoms with E-state index in [9.17, 15) is 4.79 Å². The van der Waals surface area contributed by atoms with Crippen LogP contribution in [-0.2, 0) is 11.3 Å². The lowest BCUT2D eigenvalue weighted by Gasteiger charge is -2.05. The van der Waals surface area contributed by atoms with Gasteiger partial charge in [0.1, 0.15) is 6.54 Å². The number of allylic oxidation sites excluding steroid dienone is 2. The van der Waals surface area contributed by atoms with Crippen molar-refractivity contribution in [1.29, 1.82) is 0 Å². The molecule has 0 unspecified atom stereocenters. The van der Waals surface area contributed by atoms with Crippen LogP contribution in [0.15, 0.2) is 36.7 Å². The van der Waals surface area contributed by atoms with E-state index < -0.39 is 0 Å². The Kier molecular flexibility index (Phi) is 29.6. The number of rotatable bonds is 28. The first kappa shape index (κ1) is 38.6. The van der Waals surface area contributed by atoms with Gasteiger partial charge in [-0.25, -0.2) is 9.36 Å². The molecular formula is C36H64ClNO2. The average molecular weight is 578 g/mol. The van der Waals surface area contributed by atoms with E-state index in [2.05, 4.69) is 30.6 Å². The first-order chi connectivity index (χ1) is 19.3. The topological polar surface area (TPSA) is 30.2 Å². The molecule has 4 heteroatoms. The molecule has 0 aliphatic rings. The standard InChI is InChI=1S/C36H64NO2.ClH/c1-3-5-7-9-11-13-15-16-17-18-19-20-21-23-25-27-31-37-32-29-35(30-33-37)36(38)39-34-28-26-24-22-14-12-10-8-6-4-2;/h16-17,29-30,32-33H,3-15,18-28,31,34H2,1-2H3;1H/q+1;/p-1/b17-16-;. The molecule has 232 valence electrons. The quantitative estimate of drug-likeness (QED) is 0.0436. The number of hydrogen-bond donors (Lipinski definition) is 0. The Morgan fingerprint density at radius 1 is 0.600 bits per heavy atom. The van der Waals surface area contributed by atoms with Gasteiger partial charge in [-0.15, -0.1) is 0 Å². The van der Waals surface area contributed by atoms with Gasteiger partial charge in [0.15, 0.2) is 12.4 Å². The van der Waals surface area contributed by atoms with Gasteiger partial charge >= 0.3 is 5.97 Å². The average Bonchev–Trinajstić information content (AvgIpc) is 2.96. The fraction of sp³-hybridized carbons (Fsp3) is 0.778. The number of aromatic nitrogens is 1. The van der Waals surface area contributed by atoms with Crippen LogP contribution in [0.4, 0.5) is 0 Å². The minimum absolute atomic E-state index is 0. The molecule has 1 heterocycles. The molecule has 0 atom stereocenters. The molecule has 1 rings (SSSR count). The molecule has 1 aromatic heterocycles. The molecule has 0 saturated carbocycles. The summed E-state index contributed by atoms with van der Waals surface area (Å²) in [4.78, 5) is 12.3. The molecule has 0 aliphatic heterocycles. The van der Waals surface area contributed by atoms with Crippen LogP contribution >= 0.6 is 0 Å². The predicted octanol–water partition coefficient (Wildman–Crippen LogP) is 8.09. The number of aryl methyl sites for hydroxylation is 1.